The predicted molar refractivity (Wildman–Crippen MR) is 72.3 cm³/mol. The molecular weight excluding hydrogens is 260 g/mol. The molecule has 1 aromatic carbocycles. The number of benzene rings is 1. The molecule has 20 heavy (non-hydrogen) atoms. The third kappa shape index (κ3) is 3.61. The van der Waals surface area contributed by atoms with Crippen LogP contribution in [0.3, 0.4) is 0 Å². The highest BCUT2D eigenvalue weighted by Crippen LogP contribution is 2.13. The number of methoxy groups -OCH3 is 1. The van der Waals surface area contributed by atoms with Crippen molar-refractivity contribution in [1.29, 1.82) is 0 Å². The average molecular weight is 274 g/mol. The van der Waals surface area contributed by atoms with Crippen molar-refractivity contribution in [3.63, 3.8) is 0 Å². The quantitative estimate of drug-likeness (QED) is 0.839. The fourth-order valence-electron chi connectivity index (χ4n) is 1.55. The first-order valence-electron chi connectivity index (χ1n) is 5.96. The lowest BCUT2D eigenvalue weighted by molar-refractivity contribution is 0.0566. The Morgan fingerprint density at radius 3 is 2.60 bits per heavy atom. The van der Waals surface area contributed by atoms with Crippen molar-refractivity contribution in [3.05, 3.63) is 53.8 Å². The number of ether oxygens (including phenoxy) is 1. The molecule has 0 unspecified atom stereocenters. The van der Waals surface area contributed by atoms with Crippen molar-refractivity contribution >= 4 is 17.9 Å². The van der Waals surface area contributed by atoms with Gasteiger partial charge in [0.15, 0.2) is 0 Å². The molecule has 0 saturated carbocycles. The SMILES string of the molecule is COC(=O)c1ccc(NC(=O)NCc2ccccc2)o1. The molecule has 0 atom stereocenters. The van der Waals surface area contributed by atoms with Gasteiger partial charge in [-0.05, 0) is 11.6 Å². The van der Waals surface area contributed by atoms with E-state index in [9.17, 15) is 9.59 Å². The van der Waals surface area contributed by atoms with Crippen LogP contribution < -0.4 is 10.6 Å². The Balaban J connectivity index is 1.85. The minimum absolute atomic E-state index is 0.0332. The number of urea groups is 1. The number of carbonyl (C=O) groups is 2. The summed E-state index contributed by atoms with van der Waals surface area (Å²) in [7, 11) is 1.25. The van der Waals surface area contributed by atoms with E-state index in [2.05, 4.69) is 15.4 Å². The molecule has 0 bridgehead atoms. The minimum Gasteiger partial charge on any atom is -0.463 e. The first-order valence-corrected chi connectivity index (χ1v) is 5.96. The van der Waals surface area contributed by atoms with Crippen LogP contribution in [0, 0.1) is 0 Å². The molecule has 0 spiro atoms. The van der Waals surface area contributed by atoms with Gasteiger partial charge in [0, 0.05) is 12.6 Å². The van der Waals surface area contributed by atoms with E-state index in [0.717, 1.165) is 5.56 Å². The Kier molecular flexibility index (Phi) is 4.39. The maximum atomic E-state index is 11.6. The van der Waals surface area contributed by atoms with Crippen molar-refractivity contribution < 1.29 is 18.7 Å². The second kappa shape index (κ2) is 6.42. The zero-order chi connectivity index (χ0) is 14.4. The smallest absolute Gasteiger partial charge is 0.374 e. The van der Waals surface area contributed by atoms with Gasteiger partial charge in [0.1, 0.15) is 0 Å². The molecule has 104 valence electrons. The predicted octanol–water partition coefficient (Wildman–Crippen LogP) is 2.39. The third-order valence-electron chi connectivity index (χ3n) is 2.53. The zero-order valence-electron chi connectivity index (χ0n) is 10.9. The van der Waals surface area contributed by atoms with E-state index in [4.69, 9.17) is 4.42 Å². The van der Waals surface area contributed by atoms with Gasteiger partial charge in [-0.25, -0.2) is 9.59 Å². The number of carbonyl (C=O) groups excluding carboxylic acids is 2. The molecule has 0 fully saturated rings. The zero-order valence-corrected chi connectivity index (χ0v) is 10.9. The maximum Gasteiger partial charge on any atom is 0.374 e. The number of hydrogen-bond donors (Lipinski definition) is 2. The summed E-state index contributed by atoms with van der Waals surface area (Å²) < 4.78 is 9.61. The Morgan fingerprint density at radius 1 is 1.15 bits per heavy atom. The Bertz CT molecular complexity index is 592. The summed E-state index contributed by atoms with van der Waals surface area (Å²) >= 11 is 0. The number of esters is 1. The molecule has 0 aliphatic rings. The maximum absolute atomic E-state index is 11.6. The van der Waals surface area contributed by atoms with Crippen LogP contribution in [-0.4, -0.2) is 19.1 Å². The van der Waals surface area contributed by atoms with Crippen LogP contribution in [0.5, 0.6) is 0 Å². The monoisotopic (exact) mass is 274 g/mol. The highest BCUT2D eigenvalue weighted by atomic mass is 16.5. The van der Waals surface area contributed by atoms with E-state index < -0.39 is 12.0 Å². The van der Waals surface area contributed by atoms with E-state index in [1.54, 1.807) is 0 Å². The molecule has 2 rings (SSSR count). The van der Waals surface area contributed by atoms with Gasteiger partial charge < -0.3 is 14.5 Å². The van der Waals surface area contributed by atoms with Crippen LogP contribution in [0.25, 0.3) is 0 Å². The van der Waals surface area contributed by atoms with Crippen molar-refractivity contribution in [2.24, 2.45) is 0 Å². The topological polar surface area (TPSA) is 80.6 Å². The first kappa shape index (κ1) is 13.7. The molecular formula is C14H14N2O4. The number of nitrogens with one attached hydrogen (secondary N) is 2. The Morgan fingerprint density at radius 2 is 1.90 bits per heavy atom. The molecule has 0 saturated heterocycles. The van der Waals surface area contributed by atoms with Gasteiger partial charge in [-0.1, -0.05) is 30.3 Å². The molecule has 6 nitrogen and oxygen atoms in total. The van der Waals surface area contributed by atoms with Crippen LogP contribution in [-0.2, 0) is 11.3 Å². The molecule has 6 heteroatoms. The molecule has 0 aliphatic heterocycles. The first-order chi connectivity index (χ1) is 9.69. The van der Waals surface area contributed by atoms with Crippen LogP contribution in [0.2, 0.25) is 0 Å². The van der Waals surface area contributed by atoms with Crippen molar-refractivity contribution in [1.82, 2.24) is 5.32 Å². The summed E-state index contributed by atoms with van der Waals surface area (Å²) in [5, 5.41) is 5.16. The number of furan rings is 1. The van der Waals surface area contributed by atoms with E-state index >= 15 is 0 Å². The van der Waals surface area contributed by atoms with Gasteiger partial charge in [-0.2, -0.15) is 0 Å². The number of hydrogen-bond acceptors (Lipinski definition) is 4. The largest absolute Gasteiger partial charge is 0.463 e. The number of amides is 2. The van der Waals surface area contributed by atoms with E-state index in [1.807, 2.05) is 30.3 Å². The van der Waals surface area contributed by atoms with Crippen molar-refractivity contribution in [3.8, 4) is 0 Å². The van der Waals surface area contributed by atoms with Crippen LogP contribution in [0.1, 0.15) is 16.1 Å². The summed E-state index contributed by atoms with van der Waals surface area (Å²) in [5.41, 5.74) is 0.984. The third-order valence-corrected chi connectivity index (χ3v) is 2.53. The lowest BCUT2D eigenvalue weighted by Crippen LogP contribution is -2.27. The summed E-state index contributed by atoms with van der Waals surface area (Å²) in [6, 6.07) is 12.0. The molecule has 1 heterocycles. The van der Waals surface area contributed by atoms with Gasteiger partial charge in [0.2, 0.25) is 11.6 Å². The second-order valence-corrected chi connectivity index (χ2v) is 3.95. The lowest BCUT2D eigenvalue weighted by atomic mass is 10.2. The van der Waals surface area contributed by atoms with Crippen molar-refractivity contribution in [2.45, 2.75) is 6.54 Å². The molecule has 2 aromatic rings. The fraction of sp³-hybridized carbons (Fsp3) is 0.143. The number of rotatable bonds is 4. The molecule has 1 aromatic heterocycles. The molecule has 2 amide bonds. The summed E-state index contributed by atoms with van der Waals surface area (Å²) in [6.45, 7) is 0.400. The average Bonchev–Trinajstić information content (AvgIpc) is 2.94. The normalized spacial score (nSPS) is 9.85. The Labute approximate surface area is 115 Å². The minimum atomic E-state index is -0.595. The molecule has 0 aliphatic carbocycles. The van der Waals surface area contributed by atoms with Crippen LogP contribution in [0.4, 0.5) is 10.7 Å². The van der Waals surface area contributed by atoms with Gasteiger partial charge >= 0.3 is 12.0 Å². The molecule has 0 radical (unpaired) electrons. The van der Waals surface area contributed by atoms with Crippen LogP contribution >= 0.6 is 0 Å². The van der Waals surface area contributed by atoms with Gasteiger partial charge in [0.05, 0.1) is 7.11 Å². The lowest BCUT2D eigenvalue weighted by Gasteiger charge is -2.05. The highest BCUT2D eigenvalue weighted by Gasteiger charge is 2.12. The highest BCUT2D eigenvalue weighted by molar-refractivity contribution is 5.90. The standard InChI is InChI=1S/C14H14N2O4/c1-19-13(17)11-7-8-12(20-11)16-14(18)15-9-10-5-3-2-4-6-10/h2-8H,9H2,1H3,(H2,15,16,18). The summed E-state index contributed by atoms with van der Waals surface area (Å²) in [4.78, 5) is 22.8. The van der Waals surface area contributed by atoms with E-state index in [-0.39, 0.29) is 11.6 Å². The van der Waals surface area contributed by atoms with Gasteiger partial charge in [-0.15, -0.1) is 0 Å². The number of anilines is 1. The Hall–Kier alpha value is -2.76. The second-order valence-electron chi connectivity index (χ2n) is 3.95. The summed E-state index contributed by atoms with van der Waals surface area (Å²) in [6.07, 6.45) is 0. The summed E-state index contributed by atoms with van der Waals surface area (Å²) in [5.74, 6) is -0.385. The van der Waals surface area contributed by atoms with Gasteiger partial charge in [0.25, 0.3) is 0 Å². The van der Waals surface area contributed by atoms with E-state index in [0.29, 0.717) is 6.54 Å². The fourth-order valence-corrected chi connectivity index (χ4v) is 1.55. The van der Waals surface area contributed by atoms with Crippen LogP contribution in [0.15, 0.2) is 46.9 Å². The van der Waals surface area contributed by atoms with Gasteiger partial charge in [-0.3, -0.25) is 5.32 Å². The van der Waals surface area contributed by atoms with E-state index in [1.165, 1.54) is 19.2 Å². The molecule has 2 N–H and O–H groups in total. The van der Waals surface area contributed by atoms with Crippen molar-refractivity contribution in [2.75, 3.05) is 12.4 Å².